The molecule has 1 N–H and O–H groups in total. The normalized spacial score (nSPS) is 11.4. The third-order valence-corrected chi connectivity index (χ3v) is 3.81. The van der Waals surface area contributed by atoms with Crippen molar-refractivity contribution in [2.45, 2.75) is 13.0 Å². The maximum absolute atomic E-state index is 12.1. The lowest BCUT2D eigenvalue weighted by atomic mass is 10.1. The zero-order chi connectivity index (χ0) is 18.4. The van der Waals surface area contributed by atoms with E-state index in [2.05, 4.69) is 15.4 Å². The Bertz CT molecular complexity index is 897. The van der Waals surface area contributed by atoms with E-state index in [1.165, 1.54) is 6.33 Å². The molecule has 0 bridgehead atoms. The van der Waals surface area contributed by atoms with Crippen molar-refractivity contribution >= 4 is 5.91 Å². The van der Waals surface area contributed by atoms with Crippen molar-refractivity contribution in [2.75, 3.05) is 6.61 Å². The fourth-order valence-electron chi connectivity index (χ4n) is 2.40. The monoisotopic (exact) mass is 347 g/mol. The molecule has 1 atom stereocenters. The fourth-order valence-corrected chi connectivity index (χ4v) is 2.40. The van der Waals surface area contributed by atoms with E-state index in [1.54, 1.807) is 35.3 Å². The molecule has 0 fully saturated rings. The molecular formula is C19H17N5O2. The minimum Gasteiger partial charge on any atom is -0.484 e. The lowest BCUT2D eigenvalue weighted by molar-refractivity contribution is -0.123. The zero-order valence-corrected chi connectivity index (χ0v) is 14.2. The molecule has 1 heterocycles. The Morgan fingerprint density at radius 3 is 2.58 bits per heavy atom. The summed E-state index contributed by atoms with van der Waals surface area (Å²) in [6.07, 6.45) is 3.10. The average Bonchev–Trinajstić information content (AvgIpc) is 3.21. The lowest BCUT2D eigenvalue weighted by Crippen LogP contribution is -2.31. The number of rotatable bonds is 6. The molecule has 0 aliphatic carbocycles. The Kier molecular flexibility index (Phi) is 5.25. The summed E-state index contributed by atoms with van der Waals surface area (Å²) in [6.45, 7) is 1.82. The Morgan fingerprint density at radius 1 is 1.23 bits per heavy atom. The Hall–Kier alpha value is -3.66. The van der Waals surface area contributed by atoms with Crippen LogP contribution < -0.4 is 10.1 Å². The molecule has 0 aliphatic rings. The summed E-state index contributed by atoms with van der Waals surface area (Å²) < 4.78 is 7.10. The van der Waals surface area contributed by atoms with Gasteiger partial charge in [0.05, 0.1) is 23.4 Å². The number of ether oxygens (including phenoxy) is 1. The fraction of sp³-hybridized carbons (Fsp3) is 0.158. The van der Waals surface area contributed by atoms with Crippen molar-refractivity contribution in [1.82, 2.24) is 20.1 Å². The minimum atomic E-state index is -0.220. The van der Waals surface area contributed by atoms with Gasteiger partial charge in [-0.1, -0.05) is 12.1 Å². The highest BCUT2D eigenvalue weighted by atomic mass is 16.5. The van der Waals surface area contributed by atoms with Gasteiger partial charge in [-0.25, -0.2) is 9.67 Å². The molecule has 0 aliphatic heterocycles. The van der Waals surface area contributed by atoms with E-state index in [4.69, 9.17) is 10.00 Å². The van der Waals surface area contributed by atoms with Gasteiger partial charge in [0, 0.05) is 0 Å². The number of carbonyl (C=O) groups is 1. The highest BCUT2D eigenvalue weighted by Gasteiger charge is 2.10. The molecule has 3 aromatic rings. The van der Waals surface area contributed by atoms with E-state index in [0.717, 1.165) is 11.3 Å². The molecule has 0 unspecified atom stereocenters. The quantitative estimate of drug-likeness (QED) is 0.739. The highest BCUT2D eigenvalue weighted by molar-refractivity contribution is 5.78. The SMILES string of the molecule is C[C@H](NC(=O)COc1ccc(C#N)cc1)c1ccc(-n2cncn2)cc1. The molecular weight excluding hydrogens is 330 g/mol. The second kappa shape index (κ2) is 7.94. The number of benzene rings is 2. The second-order valence-electron chi connectivity index (χ2n) is 5.65. The van der Waals surface area contributed by atoms with Crippen LogP contribution in [0.5, 0.6) is 5.75 Å². The summed E-state index contributed by atoms with van der Waals surface area (Å²) in [5.41, 5.74) is 2.42. The van der Waals surface area contributed by atoms with Crippen LogP contribution >= 0.6 is 0 Å². The Balaban J connectivity index is 1.52. The number of carbonyl (C=O) groups excluding carboxylic acids is 1. The first kappa shape index (κ1) is 17.2. The number of nitrogens with one attached hydrogen (secondary N) is 1. The van der Waals surface area contributed by atoms with E-state index >= 15 is 0 Å². The van der Waals surface area contributed by atoms with Gasteiger partial charge in [-0.05, 0) is 48.9 Å². The van der Waals surface area contributed by atoms with Crippen molar-refractivity contribution < 1.29 is 9.53 Å². The molecule has 130 valence electrons. The molecule has 0 radical (unpaired) electrons. The maximum atomic E-state index is 12.1. The number of hydrogen-bond donors (Lipinski definition) is 1. The highest BCUT2D eigenvalue weighted by Crippen LogP contribution is 2.15. The zero-order valence-electron chi connectivity index (χ0n) is 14.2. The van der Waals surface area contributed by atoms with Gasteiger partial charge >= 0.3 is 0 Å². The number of nitrogens with zero attached hydrogens (tertiary/aromatic N) is 4. The van der Waals surface area contributed by atoms with Gasteiger partial charge in [-0.15, -0.1) is 0 Å². The van der Waals surface area contributed by atoms with Crippen LogP contribution in [0.2, 0.25) is 0 Å². The van der Waals surface area contributed by atoms with Gasteiger partial charge in [-0.2, -0.15) is 10.4 Å². The van der Waals surface area contributed by atoms with Crippen molar-refractivity contribution in [1.29, 1.82) is 5.26 Å². The molecule has 26 heavy (non-hydrogen) atoms. The largest absolute Gasteiger partial charge is 0.484 e. The van der Waals surface area contributed by atoms with Crippen LogP contribution in [0.15, 0.2) is 61.2 Å². The maximum Gasteiger partial charge on any atom is 0.258 e. The summed E-state index contributed by atoms with van der Waals surface area (Å²) >= 11 is 0. The molecule has 7 nitrogen and oxygen atoms in total. The molecule has 0 saturated carbocycles. The summed E-state index contributed by atoms with van der Waals surface area (Å²) in [5, 5.41) is 15.7. The van der Waals surface area contributed by atoms with Gasteiger partial charge in [0.25, 0.3) is 5.91 Å². The van der Waals surface area contributed by atoms with Crippen molar-refractivity contribution in [3.05, 3.63) is 72.3 Å². The third kappa shape index (κ3) is 4.24. The predicted octanol–water partition coefficient (Wildman–Crippen LogP) is 2.40. The van der Waals surface area contributed by atoms with Gasteiger partial charge in [0.2, 0.25) is 0 Å². The van der Waals surface area contributed by atoms with Crippen LogP contribution in [0.4, 0.5) is 0 Å². The van der Waals surface area contributed by atoms with E-state index < -0.39 is 0 Å². The van der Waals surface area contributed by atoms with Crippen LogP contribution in [0.1, 0.15) is 24.1 Å². The number of amides is 1. The van der Waals surface area contributed by atoms with Crippen molar-refractivity contribution in [2.24, 2.45) is 0 Å². The number of hydrogen-bond acceptors (Lipinski definition) is 5. The van der Waals surface area contributed by atoms with Crippen LogP contribution in [0.25, 0.3) is 5.69 Å². The molecule has 3 rings (SSSR count). The summed E-state index contributed by atoms with van der Waals surface area (Å²) in [7, 11) is 0. The van der Waals surface area contributed by atoms with E-state index in [0.29, 0.717) is 11.3 Å². The van der Waals surface area contributed by atoms with Gasteiger partial charge in [0.1, 0.15) is 18.4 Å². The Morgan fingerprint density at radius 2 is 1.96 bits per heavy atom. The first-order valence-corrected chi connectivity index (χ1v) is 8.03. The third-order valence-electron chi connectivity index (χ3n) is 3.81. The van der Waals surface area contributed by atoms with Crippen LogP contribution in [0, 0.1) is 11.3 Å². The molecule has 1 aromatic heterocycles. The van der Waals surface area contributed by atoms with Crippen LogP contribution in [-0.2, 0) is 4.79 Å². The average molecular weight is 347 g/mol. The summed E-state index contributed by atoms with van der Waals surface area (Å²) in [5.74, 6) is 0.325. The number of nitriles is 1. The van der Waals surface area contributed by atoms with Crippen molar-refractivity contribution in [3.63, 3.8) is 0 Å². The molecule has 0 spiro atoms. The standard InChI is InChI=1S/C19H17N5O2/c1-14(16-4-6-17(7-5-16)24-13-21-12-22-24)23-19(25)11-26-18-8-2-15(10-20)3-9-18/h2-9,12-14H,11H2,1H3,(H,23,25)/t14-/m0/s1. The molecule has 7 heteroatoms. The van der Waals surface area contributed by atoms with Crippen LogP contribution in [0.3, 0.4) is 0 Å². The molecule has 0 saturated heterocycles. The lowest BCUT2D eigenvalue weighted by Gasteiger charge is -2.15. The van der Waals surface area contributed by atoms with E-state index in [-0.39, 0.29) is 18.6 Å². The topological polar surface area (TPSA) is 92.8 Å². The predicted molar refractivity (Wildman–Crippen MR) is 94.6 cm³/mol. The van der Waals surface area contributed by atoms with E-state index in [1.807, 2.05) is 37.3 Å². The van der Waals surface area contributed by atoms with Gasteiger partial charge in [-0.3, -0.25) is 4.79 Å². The van der Waals surface area contributed by atoms with Crippen molar-refractivity contribution in [3.8, 4) is 17.5 Å². The smallest absolute Gasteiger partial charge is 0.258 e. The molecule has 1 amide bonds. The van der Waals surface area contributed by atoms with Crippen LogP contribution in [-0.4, -0.2) is 27.3 Å². The first-order chi connectivity index (χ1) is 12.7. The molecule has 2 aromatic carbocycles. The van der Waals surface area contributed by atoms with Gasteiger partial charge < -0.3 is 10.1 Å². The van der Waals surface area contributed by atoms with Gasteiger partial charge in [0.15, 0.2) is 6.61 Å². The Labute approximate surface area is 150 Å². The van der Waals surface area contributed by atoms with E-state index in [9.17, 15) is 4.79 Å². The summed E-state index contributed by atoms with van der Waals surface area (Å²) in [4.78, 5) is 16.0. The summed E-state index contributed by atoms with van der Waals surface area (Å²) in [6, 6.07) is 16.2. The second-order valence-corrected chi connectivity index (χ2v) is 5.65. The number of aromatic nitrogens is 3. The minimum absolute atomic E-state index is 0.0900. The first-order valence-electron chi connectivity index (χ1n) is 8.03.